The van der Waals surface area contributed by atoms with Crippen molar-refractivity contribution in [3.05, 3.63) is 0 Å². The fraction of sp³-hybridized carbons (Fsp3) is 1.00. The Bertz CT molecular complexity index is 196. The van der Waals surface area contributed by atoms with Gasteiger partial charge in [0.05, 0.1) is 0 Å². The first-order valence-corrected chi connectivity index (χ1v) is 8.36. The normalized spacial score (nSPS) is 9.80. The molecule has 12 heteroatoms. The first-order chi connectivity index (χ1) is 8.46. The van der Waals surface area contributed by atoms with Crippen LogP contribution >= 0.6 is 15.6 Å². The summed E-state index contributed by atoms with van der Waals surface area (Å²) < 4.78 is 17.8. The lowest BCUT2D eigenvalue weighted by Crippen LogP contribution is -1.66. The lowest BCUT2D eigenvalue weighted by molar-refractivity contribution is -0.176. The van der Waals surface area contributed by atoms with E-state index < -0.39 is 15.6 Å². The van der Waals surface area contributed by atoms with Crippen LogP contribution in [0.25, 0.3) is 0 Å². The molecule has 0 rings (SSSR count). The van der Waals surface area contributed by atoms with Crippen molar-refractivity contribution in [2.75, 3.05) is 0 Å². The predicted molar refractivity (Wildman–Crippen MR) is 74.8 cm³/mol. The second-order valence-electron chi connectivity index (χ2n) is 4.49. The van der Waals surface area contributed by atoms with E-state index in [-0.39, 0.29) is 0 Å². The van der Waals surface area contributed by atoms with E-state index in [9.17, 15) is 0 Å². The highest BCUT2D eigenvalue weighted by Gasteiger charge is 2.00. The zero-order valence-corrected chi connectivity index (χ0v) is 14.2. The molecular weight excluding hydrogens is 318 g/mol. The van der Waals surface area contributed by atoms with E-state index >= 15 is 0 Å². The maximum Gasteiger partial charge on any atom is 0.466 e. The summed E-state index contributed by atoms with van der Waals surface area (Å²) in [5.41, 5.74) is 0. The third kappa shape index (κ3) is 272000. The number of phosphoric acid groups is 2. The minimum absolute atomic E-state index is 0.833. The van der Waals surface area contributed by atoms with Gasteiger partial charge in [-0.25, -0.2) is 9.13 Å². The van der Waals surface area contributed by atoms with Crippen LogP contribution in [0, 0.1) is 11.8 Å². The Hall–Kier alpha value is 0.140. The summed E-state index contributed by atoms with van der Waals surface area (Å²) in [6.45, 7) is 13.0. The van der Waals surface area contributed by atoms with Gasteiger partial charge in [-0.05, 0) is 11.8 Å². The summed E-state index contributed by atoms with van der Waals surface area (Å²) >= 11 is 0. The molecule has 0 atom stereocenters. The Kier molecular flexibility index (Phi) is 30.8. The Balaban J connectivity index is -0.0000000482. The molecule has 0 spiro atoms. The van der Waals surface area contributed by atoms with Gasteiger partial charge in [0.1, 0.15) is 0 Å². The molecule has 0 saturated carbocycles. The summed E-state index contributed by atoms with van der Waals surface area (Å²) in [5, 5.41) is 12.0. The summed E-state index contributed by atoms with van der Waals surface area (Å²) in [6.07, 6.45) is 0. The van der Waals surface area contributed by atoms with Gasteiger partial charge in [-0.1, -0.05) is 41.5 Å². The fourth-order valence-electron chi connectivity index (χ4n) is 0. The van der Waals surface area contributed by atoms with Crippen molar-refractivity contribution in [1.82, 2.24) is 0 Å². The smallest absolute Gasteiger partial charge is 0.303 e. The maximum atomic E-state index is 8.88. The number of hydrogen-bond acceptors (Lipinski definition) is 4. The molecule has 0 aliphatic heterocycles. The zero-order chi connectivity index (χ0) is 18.2. The van der Waals surface area contributed by atoms with Gasteiger partial charge in [0.2, 0.25) is 0 Å². The Morgan fingerprint density at radius 2 is 0.550 bits per heavy atom. The van der Waals surface area contributed by atoms with Crippen LogP contribution in [0.1, 0.15) is 41.5 Å². The van der Waals surface area contributed by atoms with Gasteiger partial charge in [-0.15, -0.1) is 0 Å². The highest BCUT2D eigenvalue weighted by atomic mass is 31.2. The molecule has 0 radical (unpaired) electrons. The SMILES string of the molecule is CC(C)C.CC(C)C.O=P(O)(O)O.O=P(O)(O)O.OO. The molecule has 0 aromatic heterocycles. The summed E-state index contributed by atoms with van der Waals surface area (Å²) in [4.78, 5) is 43.1. The average Bonchev–Trinajstić information content (AvgIpc) is 1.96. The zero-order valence-electron chi connectivity index (χ0n) is 12.4. The van der Waals surface area contributed by atoms with E-state index in [0.29, 0.717) is 0 Å². The quantitative estimate of drug-likeness (QED) is 0.181. The molecule has 0 aromatic rings. The van der Waals surface area contributed by atoms with E-state index in [1.54, 1.807) is 0 Å². The second kappa shape index (κ2) is 19.1. The third-order valence-electron chi connectivity index (χ3n) is 0. The number of hydrogen-bond donors (Lipinski definition) is 8. The monoisotopic (exact) mass is 346 g/mol. The number of rotatable bonds is 0. The lowest BCUT2D eigenvalue weighted by atomic mass is 10.3. The second-order valence-corrected chi connectivity index (χ2v) is 6.54. The van der Waals surface area contributed by atoms with Crippen LogP contribution in [0.15, 0.2) is 0 Å². The van der Waals surface area contributed by atoms with Gasteiger partial charge in [-0.2, -0.15) is 0 Å². The maximum absolute atomic E-state index is 8.88. The van der Waals surface area contributed by atoms with Crippen molar-refractivity contribution in [2.45, 2.75) is 41.5 Å². The molecular formula is C8H28O10P2. The minimum atomic E-state index is -4.64. The minimum Gasteiger partial charge on any atom is -0.303 e. The van der Waals surface area contributed by atoms with E-state index in [0.717, 1.165) is 11.8 Å². The molecule has 0 saturated heterocycles. The van der Waals surface area contributed by atoms with Crippen molar-refractivity contribution < 1.29 is 49.0 Å². The predicted octanol–water partition coefficient (Wildman–Crippen LogP) is 1.48. The van der Waals surface area contributed by atoms with Crippen molar-refractivity contribution in [1.29, 1.82) is 0 Å². The highest BCUT2D eigenvalue weighted by molar-refractivity contribution is 7.45. The van der Waals surface area contributed by atoms with Gasteiger partial charge in [0.15, 0.2) is 0 Å². The summed E-state index contributed by atoms with van der Waals surface area (Å²) in [6, 6.07) is 0. The first kappa shape index (κ1) is 32.2. The molecule has 0 bridgehead atoms. The van der Waals surface area contributed by atoms with Crippen LogP contribution in [0.3, 0.4) is 0 Å². The van der Waals surface area contributed by atoms with Crippen molar-refractivity contribution >= 4 is 15.6 Å². The molecule has 0 aliphatic rings. The van der Waals surface area contributed by atoms with Crippen LogP contribution in [-0.4, -0.2) is 39.9 Å². The Morgan fingerprint density at radius 3 is 0.550 bits per heavy atom. The topological polar surface area (TPSA) is 196 Å². The largest absolute Gasteiger partial charge is 0.466 e. The fourth-order valence-corrected chi connectivity index (χ4v) is 0. The molecule has 8 N–H and O–H groups in total. The summed E-state index contributed by atoms with van der Waals surface area (Å²) in [5.74, 6) is 1.67. The first-order valence-electron chi connectivity index (χ1n) is 5.23. The van der Waals surface area contributed by atoms with Gasteiger partial charge in [0, 0.05) is 0 Å². The van der Waals surface area contributed by atoms with Gasteiger partial charge in [-0.3, -0.25) is 10.5 Å². The van der Waals surface area contributed by atoms with E-state index in [1.165, 1.54) is 0 Å². The molecule has 130 valence electrons. The van der Waals surface area contributed by atoms with Crippen LogP contribution in [0.4, 0.5) is 0 Å². The molecule has 0 unspecified atom stereocenters. The molecule has 0 aliphatic carbocycles. The van der Waals surface area contributed by atoms with Gasteiger partial charge >= 0.3 is 15.6 Å². The van der Waals surface area contributed by atoms with E-state index in [2.05, 4.69) is 41.5 Å². The van der Waals surface area contributed by atoms with Crippen LogP contribution < -0.4 is 0 Å². The molecule has 0 amide bonds. The van der Waals surface area contributed by atoms with E-state index in [4.69, 9.17) is 49.0 Å². The van der Waals surface area contributed by atoms with Crippen molar-refractivity contribution in [2.24, 2.45) is 11.8 Å². The Labute approximate surface area is 119 Å². The van der Waals surface area contributed by atoms with Gasteiger partial charge in [0.25, 0.3) is 0 Å². The van der Waals surface area contributed by atoms with E-state index in [1.807, 2.05) is 0 Å². The molecule has 20 heavy (non-hydrogen) atoms. The van der Waals surface area contributed by atoms with Crippen molar-refractivity contribution in [3.8, 4) is 0 Å². The van der Waals surface area contributed by atoms with Crippen LogP contribution in [-0.2, 0) is 9.13 Å². The van der Waals surface area contributed by atoms with Gasteiger partial charge < -0.3 is 29.4 Å². The lowest BCUT2D eigenvalue weighted by Gasteiger charge is -1.82. The molecule has 0 fully saturated rings. The molecule has 10 nitrogen and oxygen atoms in total. The van der Waals surface area contributed by atoms with Crippen LogP contribution in [0.5, 0.6) is 0 Å². The van der Waals surface area contributed by atoms with Crippen LogP contribution in [0.2, 0.25) is 0 Å². The third-order valence-corrected chi connectivity index (χ3v) is 0. The van der Waals surface area contributed by atoms with Crippen molar-refractivity contribution in [3.63, 3.8) is 0 Å². The standard InChI is InChI=1S/2C4H10.2H3O4P.H2O2/c2*1-4(2)3;2*1-5(2,3)4;1-2/h2*4H,1-3H3;2*(H3,1,2,3,4);1-2H. The molecule has 0 aromatic carbocycles. The highest BCUT2D eigenvalue weighted by Crippen LogP contribution is 2.26. The summed E-state index contributed by atoms with van der Waals surface area (Å²) in [7, 11) is -9.28. The average molecular weight is 346 g/mol. The molecule has 0 heterocycles. The Morgan fingerprint density at radius 1 is 0.550 bits per heavy atom.